The van der Waals surface area contributed by atoms with Crippen molar-refractivity contribution in [3.05, 3.63) is 33.9 Å². The second kappa shape index (κ2) is 5.91. The van der Waals surface area contributed by atoms with Crippen LogP contribution in [-0.4, -0.2) is 21.8 Å². The molecule has 1 rings (SSSR count). The summed E-state index contributed by atoms with van der Waals surface area (Å²) in [6.07, 6.45) is 0.356. The zero-order valence-electron chi connectivity index (χ0n) is 11.6. The zero-order chi connectivity index (χ0) is 15.6. The van der Waals surface area contributed by atoms with Crippen molar-refractivity contribution < 1.29 is 24.0 Å². The van der Waals surface area contributed by atoms with Crippen LogP contribution in [0.3, 0.4) is 0 Å². The van der Waals surface area contributed by atoms with Crippen LogP contribution in [0.4, 0.5) is 5.69 Å². The van der Waals surface area contributed by atoms with Crippen LogP contribution in [0.5, 0.6) is 5.75 Å². The van der Waals surface area contributed by atoms with Gasteiger partial charge in [-0.1, -0.05) is 19.9 Å². The Morgan fingerprint density at radius 2 is 1.90 bits per heavy atom. The number of nitro groups is 1. The van der Waals surface area contributed by atoms with Gasteiger partial charge in [0.25, 0.3) is 0 Å². The fourth-order valence-electron chi connectivity index (χ4n) is 2.36. The molecule has 1 aromatic rings. The molecule has 0 aliphatic heterocycles. The summed E-state index contributed by atoms with van der Waals surface area (Å²) < 4.78 is 16.7. The molecule has 0 bridgehead atoms. The van der Waals surface area contributed by atoms with Crippen molar-refractivity contribution >= 4 is 13.3 Å². The molecular weight excluding hydrogens is 285 g/mol. The number of hydrogen-bond donors (Lipinski definition) is 2. The van der Waals surface area contributed by atoms with Gasteiger partial charge in [-0.3, -0.25) is 14.7 Å². The molecule has 0 saturated carbocycles. The van der Waals surface area contributed by atoms with Gasteiger partial charge in [0, 0.05) is 6.07 Å². The Labute approximate surface area is 116 Å². The van der Waals surface area contributed by atoms with E-state index in [9.17, 15) is 24.5 Å². The summed E-state index contributed by atoms with van der Waals surface area (Å²) in [7, 11) is -3.16. The molecule has 0 unspecified atom stereocenters. The van der Waals surface area contributed by atoms with E-state index in [0.717, 1.165) is 0 Å². The molecule has 0 aliphatic carbocycles. The van der Waals surface area contributed by atoms with E-state index in [2.05, 4.69) is 0 Å². The van der Waals surface area contributed by atoms with Crippen LogP contribution in [0.25, 0.3) is 0 Å². The third kappa shape index (κ3) is 2.70. The van der Waals surface area contributed by atoms with E-state index in [-0.39, 0.29) is 29.8 Å². The molecule has 112 valence electrons. The van der Waals surface area contributed by atoms with Crippen molar-refractivity contribution in [2.24, 2.45) is 0 Å². The maximum atomic E-state index is 11.8. The quantitative estimate of drug-likeness (QED) is 0.475. The smallest absolute Gasteiger partial charge is 0.335 e. The molecule has 0 amide bonds. The Morgan fingerprint density at radius 3 is 2.25 bits per heavy atom. The lowest BCUT2D eigenvalue weighted by molar-refractivity contribution is -0.385. The molecule has 2 N–H and O–H groups in total. The first kappa shape index (κ1) is 16.6. The van der Waals surface area contributed by atoms with E-state index < -0.39 is 17.7 Å². The Kier molecular flexibility index (Phi) is 4.91. The normalized spacial score (nSPS) is 12.2. The van der Waals surface area contributed by atoms with Crippen molar-refractivity contribution in [3.63, 3.8) is 0 Å². The molecule has 0 aromatic heterocycles. The fraction of sp³-hybridized carbons (Fsp3) is 0.500. The molecule has 0 radical (unpaired) electrons. The second-order valence-electron chi connectivity index (χ2n) is 4.43. The molecule has 20 heavy (non-hydrogen) atoms. The van der Waals surface area contributed by atoms with Gasteiger partial charge < -0.3 is 14.5 Å². The lowest BCUT2D eigenvalue weighted by Gasteiger charge is -2.32. The van der Waals surface area contributed by atoms with Crippen molar-refractivity contribution in [3.8, 4) is 5.75 Å². The first-order valence-corrected chi connectivity index (χ1v) is 7.73. The van der Waals surface area contributed by atoms with E-state index >= 15 is 0 Å². The lowest BCUT2D eigenvalue weighted by Crippen LogP contribution is -2.24. The average molecular weight is 303 g/mol. The van der Waals surface area contributed by atoms with Gasteiger partial charge in [-0.2, -0.15) is 0 Å². The number of rotatable bonds is 6. The standard InChI is InChI=1S/C12H18NO6P/c1-4-12(5-2,20(16,17)18)9-6-7-11(19-3)10(8-9)13(14)15/h6-8H,4-5H2,1-3H3,(H2,16,17,18). The van der Waals surface area contributed by atoms with E-state index in [1.807, 2.05) is 0 Å². The summed E-state index contributed by atoms with van der Waals surface area (Å²) >= 11 is 0. The average Bonchev–Trinajstić information content (AvgIpc) is 2.38. The van der Waals surface area contributed by atoms with Crippen molar-refractivity contribution in [2.75, 3.05) is 7.11 Å². The molecule has 0 fully saturated rings. The minimum Gasteiger partial charge on any atom is -0.490 e. The van der Waals surface area contributed by atoms with Gasteiger partial charge >= 0.3 is 13.3 Å². The number of hydrogen-bond acceptors (Lipinski definition) is 4. The summed E-state index contributed by atoms with van der Waals surface area (Å²) in [6, 6.07) is 4.02. The molecule has 0 aliphatic rings. The fourth-order valence-corrected chi connectivity index (χ4v) is 3.66. The van der Waals surface area contributed by atoms with Crippen LogP contribution in [0.2, 0.25) is 0 Å². The van der Waals surface area contributed by atoms with Gasteiger partial charge in [-0.15, -0.1) is 0 Å². The third-order valence-electron chi connectivity index (χ3n) is 3.64. The van der Waals surface area contributed by atoms with Crippen molar-refractivity contribution in [1.29, 1.82) is 0 Å². The van der Waals surface area contributed by atoms with Crippen LogP contribution in [0.15, 0.2) is 18.2 Å². The zero-order valence-corrected chi connectivity index (χ0v) is 12.5. The number of ether oxygens (including phenoxy) is 1. The highest BCUT2D eigenvalue weighted by Gasteiger charge is 2.46. The number of nitro benzene ring substituents is 1. The van der Waals surface area contributed by atoms with Crippen molar-refractivity contribution in [1.82, 2.24) is 0 Å². The van der Waals surface area contributed by atoms with E-state index in [0.29, 0.717) is 0 Å². The van der Waals surface area contributed by atoms with E-state index in [4.69, 9.17) is 4.74 Å². The number of nitrogens with zero attached hydrogens (tertiary/aromatic N) is 1. The van der Waals surface area contributed by atoms with Gasteiger partial charge in [0.2, 0.25) is 0 Å². The molecule has 1 aromatic carbocycles. The predicted molar refractivity (Wildman–Crippen MR) is 74.0 cm³/mol. The Bertz CT molecular complexity index is 549. The topological polar surface area (TPSA) is 110 Å². The summed E-state index contributed by atoms with van der Waals surface area (Å²) in [5.74, 6) is 0.0607. The van der Waals surface area contributed by atoms with Crippen LogP contribution in [-0.2, 0) is 9.72 Å². The predicted octanol–water partition coefficient (Wildman–Crippen LogP) is 2.80. The first-order valence-electron chi connectivity index (χ1n) is 6.12. The lowest BCUT2D eigenvalue weighted by atomic mass is 9.92. The summed E-state index contributed by atoms with van der Waals surface area (Å²) in [4.78, 5) is 29.7. The van der Waals surface area contributed by atoms with Crippen LogP contribution < -0.4 is 4.74 Å². The Hall–Kier alpha value is -1.43. The summed E-state index contributed by atoms with van der Waals surface area (Å²) in [5.41, 5.74) is -0.0481. The van der Waals surface area contributed by atoms with Crippen LogP contribution >= 0.6 is 7.60 Å². The van der Waals surface area contributed by atoms with Gasteiger partial charge in [0.05, 0.1) is 17.2 Å². The molecule has 8 heteroatoms. The Morgan fingerprint density at radius 1 is 1.35 bits per heavy atom. The summed E-state index contributed by atoms with van der Waals surface area (Å²) in [6.45, 7) is 3.30. The monoisotopic (exact) mass is 303 g/mol. The summed E-state index contributed by atoms with van der Waals surface area (Å²) in [5, 5.41) is 9.60. The molecular formula is C12H18NO6P. The largest absolute Gasteiger partial charge is 0.490 e. The minimum atomic E-state index is -4.47. The van der Waals surface area contributed by atoms with Gasteiger partial charge in [0.15, 0.2) is 5.75 Å². The minimum absolute atomic E-state index is 0.0607. The highest BCUT2D eigenvalue weighted by atomic mass is 31.2. The first-order chi connectivity index (χ1) is 9.23. The van der Waals surface area contributed by atoms with Crippen LogP contribution in [0.1, 0.15) is 32.3 Å². The van der Waals surface area contributed by atoms with Gasteiger partial charge in [0.1, 0.15) is 0 Å². The van der Waals surface area contributed by atoms with E-state index in [1.54, 1.807) is 13.8 Å². The molecule has 0 spiro atoms. The van der Waals surface area contributed by atoms with Crippen molar-refractivity contribution in [2.45, 2.75) is 31.8 Å². The maximum absolute atomic E-state index is 11.8. The second-order valence-corrected chi connectivity index (χ2v) is 6.37. The molecule has 0 atom stereocenters. The Balaban J connectivity index is 3.55. The van der Waals surface area contributed by atoms with E-state index in [1.165, 1.54) is 25.3 Å². The SMILES string of the molecule is CCC(CC)(c1ccc(OC)c([N+](=O)[O-])c1)P(=O)(O)O. The molecule has 0 heterocycles. The highest BCUT2D eigenvalue weighted by molar-refractivity contribution is 7.53. The molecule has 0 saturated heterocycles. The number of methoxy groups -OCH3 is 1. The maximum Gasteiger partial charge on any atom is 0.335 e. The number of benzene rings is 1. The van der Waals surface area contributed by atoms with Crippen LogP contribution in [0, 0.1) is 10.1 Å². The highest BCUT2D eigenvalue weighted by Crippen LogP contribution is 2.61. The van der Waals surface area contributed by atoms with Gasteiger partial charge in [-0.05, 0) is 24.5 Å². The third-order valence-corrected chi connectivity index (χ3v) is 5.65. The van der Waals surface area contributed by atoms with Gasteiger partial charge in [-0.25, -0.2) is 0 Å². The molecule has 7 nitrogen and oxygen atoms in total.